The molecule has 0 N–H and O–H groups in total. The first-order valence-electron chi connectivity index (χ1n) is 10.5. The third-order valence-corrected chi connectivity index (χ3v) is 10.1. The Balaban J connectivity index is 5.37. The zero-order valence-electron chi connectivity index (χ0n) is 20.2. The minimum atomic E-state index is -1.90. The van der Waals surface area contributed by atoms with Gasteiger partial charge in [-0.15, -0.1) is 0 Å². The van der Waals surface area contributed by atoms with E-state index in [1.165, 1.54) is 18.2 Å². The number of hydroxylamine groups is 2. The van der Waals surface area contributed by atoms with Gasteiger partial charge in [0, 0.05) is 13.1 Å². The van der Waals surface area contributed by atoms with Crippen molar-refractivity contribution >= 4 is 14.2 Å². The van der Waals surface area contributed by atoms with Crippen LogP contribution < -0.4 is 0 Å². The Labute approximate surface area is 180 Å². The van der Waals surface area contributed by atoms with Crippen LogP contribution in [0.3, 0.4) is 0 Å². The second kappa shape index (κ2) is 13.0. The van der Waals surface area contributed by atoms with Crippen molar-refractivity contribution in [3.05, 3.63) is 48.6 Å². The van der Waals surface area contributed by atoms with E-state index >= 15 is 0 Å². The van der Waals surface area contributed by atoms with Crippen LogP contribution in [0, 0.1) is 11.8 Å². The van der Waals surface area contributed by atoms with Gasteiger partial charge in [0.05, 0.1) is 13.2 Å². The third kappa shape index (κ3) is 10.2. The number of nitrogens with zero attached hydrogens (tertiary/aromatic N) is 1. The predicted molar refractivity (Wildman–Crippen MR) is 127 cm³/mol. The maximum absolute atomic E-state index is 11.8. The van der Waals surface area contributed by atoms with Crippen molar-refractivity contribution in [3.8, 4) is 0 Å². The van der Waals surface area contributed by atoms with Gasteiger partial charge in [-0.2, -0.15) is 0 Å². The van der Waals surface area contributed by atoms with Gasteiger partial charge in [0.25, 0.3) is 5.91 Å². The summed E-state index contributed by atoms with van der Waals surface area (Å²) in [6.45, 7) is 17.9. The van der Waals surface area contributed by atoms with Gasteiger partial charge in [0.15, 0.2) is 8.32 Å². The molecule has 0 aromatic heterocycles. The second-order valence-electron chi connectivity index (χ2n) is 9.13. The summed E-state index contributed by atoms with van der Waals surface area (Å²) in [5, 5.41) is 1.35. The topological polar surface area (TPSA) is 38.8 Å². The molecule has 0 aromatic carbocycles. The molecular weight excluding hydrogens is 378 g/mol. The van der Waals surface area contributed by atoms with Crippen molar-refractivity contribution in [2.24, 2.45) is 11.8 Å². The van der Waals surface area contributed by atoms with Crippen LogP contribution in [-0.4, -0.2) is 39.5 Å². The molecule has 0 heterocycles. The maximum Gasteiger partial charge on any atom is 0.269 e. The van der Waals surface area contributed by atoms with Gasteiger partial charge in [0.2, 0.25) is 0 Å². The molecule has 0 aliphatic rings. The van der Waals surface area contributed by atoms with Crippen LogP contribution in [0.25, 0.3) is 0 Å². The minimum absolute atomic E-state index is 0.119. The van der Waals surface area contributed by atoms with Crippen LogP contribution in [0.15, 0.2) is 48.6 Å². The van der Waals surface area contributed by atoms with Crippen molar-refractivity contribution in [1.82, 2.24) is 5.06 Å². The molecule has 4 nitrogen and oxygen atoms in total. The Morgan fingerprint density at radius 1 is 1.10 bits per heavy atom. The van der Waals surface area contributed by atoms with Gasteiger partial charge < -0.3 is 4.43 Å². The average molecular weight is 422 g/mol. The summed E-state index contributed by atoms with van der Waals surface area (Å²) < 4.78 is 6.83. The first kappa shape index (κ1) is 27.6. The highest BCUT2D eigenvalue weighted by atomic mass is 28.4. The fourth-order valence-corrected chi connectivity index (χ4v) is 4.04. The normalized spacial score (nSPS) is 16.9. The highest BCUT2D eigenvalue weighted by Crippen LogP contribution is 2.39. The van der Waals surface area contributed by atoms with Gasteiger partial charge in [0.1, 0.15) is 0 Å². The van der Waals surface area contributed by atoms with Crippen LogP contribution in [0.4, 0.5) is 0 Å². The SMILES string of the molecule is C/C=C/C=C/C[C@@H](C)[C@H](O[Si](C)(C)C(C)(C)C)[C@@H](C)/C=C/C=C/C(=O)N(C)OC. The zero-order chi connectivity index (χ0) is 22.7. The summed E-state index contributed by atoms with van der Waals surface area (Å²) in [6.07, 6.45) is 16.8. The van der Waals surface area contributed by atoms with Crippen LogP contribution in [-0.2, 0) is 14.1 Å². The quantitative estimate of drug-likeness (QED) is 0.170. The van der Waals surface area contributed by atoms with Gasteiger partial charge in [-0.1, -0.05) is 77.2 Å². The summed E-state index contributed by atoms with van der Waals surface area (Å²) >= 11 is 0. The molecule has 0 radical (unpaired) electrons. The Morgan fingerprint density at radius 3 is 2.24 bits per heavy atom. The molecule has 0 aromatic rings. The van der Waals surface area contributed by atoms with E-state index in [9.17, 15) is 4.79 Å². The minimum Gasteiger partial charge on any atom is -0.413 e. The molecule has 0 fully saturated rings. The first-order valence-corrected chi connectivity index (χ1v) is 13.4. The van der Waals surface area contributed by atoms with Crippen molar-refractivity contribution in [3.63, 3.8) is 0 Å². The van der Waals surface area contributed by atoms with Crippen molar-refractivity contribution in [1.29, 1.82) is 0 Å². The van der Waals surface area contributed by atoms with E-state index in [1.807, 2.05) is 19.1 Å². The van der Waals surface area contributed by atoms with E-state index < -0.39 is 8.32 Å². The second-order valence-corrected chi connectivity index (χ2v) is 13.9. The van der Waals surface area contributed by atoms with Crippen molar-refractivity contribution in [2.75, 3.05) is 14.2 Å². The fraction of sp³-hybridized carbons (Fsp3) is 0.625. The van der Waals surface area contributed by atoms with Gasteiger partial charge in [-0.05, 0) is 43.3 Å². The molecule has 1 amide bonds. The zero-order valence-corrected chi connectivity index (χ0v) is 21.2. The van der Waals surface area contributed by atoms with E-state index in [0.29, 0.717) is 5.92 Å². The standard InChI is InChI=1S/C24H43NO3Si/c1-11-12-13-14-17-20(2)23(28-29(9,10)24(4,5)6)21(3)18-15-16-19-22(26)25(7)27-8/h11-16,18-21,23H,17H2,1-10H3/b12-11+,14-13+,18-15+,19-16+/t20-,21+,23+/m1/s1. The van der Waals surface area contributed by atoms with Gasteiger partial charge >= 0.3 is 0 Å². The van der Waals surface area contributed by atoms with E-state index in [4.69, 9.17) is 9.26 Å². The molecule has 0 saturated heterocycles. The molecule has 166 valence electrons. The summed E-state index contributed by atoms with van der Waals surface area (Å²) in [4.78, 5) is 16.7. The lowest BCUT2D eigenvalue weighted by Crippen LogP contribution is -2.47. The molecule has 0 rings (SSSR count). The number of allylic oxidation sites excluding steroid dienone is 6. The molecule has 0 unspecified atom stereocenters. The molecule has 0 spiro atoms. The van der Waals surface area contributed by atoms with E-state index in [1.54, 1.807) is 13.1 Å². The molecular formula is C24H43NO3Si. The highest BCUT2D eigenvalue weighted by Gasteiger charge is 2.40. The first-order chi connectivity index (χ1) is 13.4. The summed E-state index contributed by atoms with van der Waals surface area (Å²) in [5.41, 5.74) is 0. The lowest BCUT2D eigenvalue weighted by molar-refractivity contribution is -0.162. The fourth-order valence-electron chi connectivity index (χ4n) is 2.56. The molecule has 0 aliphatic heterocycles. The molecule has 29 heavy (non-hydrogen) atoms. The smallest absolute Gasteiger partial charge is 0.269 e. The molecule has 3 atom stereocenters. The van der Waals surface area contributed by atoms with Gasteiger partial charge in [-0.25, -0.2) is 5.06 Å². The predicted octanol–water partition coefficient (Wildman–Crippen LogP) is 6.30. The lowest BCUT2D eigenvalue weighted by Gasteiger charge is -2.42. The Morgan fingerprint density at radius 2 is 1.72 bits per heavy atom. The van der Waals surface area contributed by atoms with Crippen molar-refractivity contribution < 1.29 is 14.1 Å². The lowest BCUT2D eigenvalue weighted by atomic mass is 9.90. The van der Waals surface area contributed by atoms with E-state index in [-0.39, 0.29) is 23.0 Å². The third-order valence-electron chi connectivity index (χ3n) is 5.61. The monoisotopic (exact) mass is 421 g/mol. The summed E-state index contributed by atoms with van der Waals surface area (Å²) in [6, 6.07) is 0. The van der Waals surface area contributed by atoms with Crippen LogP contribution in [0.1, 0.15) is 48.0 Å². The number of rotatable bonds is 11. The van der Waals surface area contributed by atoms with E-state index in [0.717, 1.165) is 6.42 Å². The largest absolute Gasteiger partial charge is 0.413 e. The number of hydrogen-bond donors (Lipinski definition) is 0. The number of likely N-dealkylation sites (N-methyl/N-ethyl adjacent to an activating group) is 1. The highest BCUT2D eigenvalue weighted by molar-refractivity contribution is 6.74. The molecule has 0 aliphatic carbocycles. The number of amides is 1. The molecule has 5 heteroatoms. The van der Waals surface area contributed by atoms with Crippen molar-refractivity contribution in [2.45, 2.75) is 72.2 Å². The van der Waals surface area contributed by atoms with Crippen LogP contribution in [0.5, 0.6) is 0 Å². The number of carbonyl (C=O) groups excluding carboxylic acids is 1. The Hall–Kier alpha value is -1.43. The van der Waals surface area contributed by atoms with Crippen LogP contribution >= 0.6 is 0 Å². The summed E-state index contributed by atoms with van der Waals surface area (Å²) in [5.74, 6) is 0.422. The summed E-state index contributed by atoms with van der Waals surface area (Å²) in [7, 11) is 1.16. The Kier molecular flexibility index (Phi) is 12.3. The number of hydrogen-bond acceptors (Lipinski definition) is 3. The average Bonchev–Trinajstić information content (AvgIpc) is 2.64. The molecule has 0 bridgehead atoms. The van der Waals surface area contributed by atoms with Crippen LogP contribution in [0.2, 0.25) is 18.1 Å². The van der Waals surface area contributed by atoms with Gasteiger partial charge in [-0.3, -0.25) is 9.63 Å². The van der Waals surface area contributed by atoms with E-state index in [2.05, 4.69) is 72.0 Å². The number of carbonyl (C=O) groups is 1. The molecule has 0 saturated carbocycles. The maximum atomic E-state index is 11.8. The Bertz CT molecular complexity index is 600.